The molecule has 1 aromatic heterocycles. The third-order valence-corrected chi connectivity index (χ3v) is 1.85. The van der Waals surface area contributed by atoms with E-state index in [1.807, 2.05) is 0 Å². The van der Waals surface area contributed by atoms with Crippen LogP contribution in [0.1, 0.15) is 21.6 Å². The lowest BCUT2D eigenvalue weighted by Crippen LogP contribution is -2.20. The average molecular weight is 221 g/mol. The predicted octanol–water partition coefficient (Wildman–Crippen LogP) is 2.35. The van der Waals surface area contributed by atoms with Gasteiger partial charge in [-0.3, -0.25) is 0 Å². The monoisotopic (exact) mass is 221 g/mol. The number of carbonyl (C=O) groups excluding carboxylic acids is 1. The number of nitrogens with one attached hydrogen (secondary N) is 1. The van der Waals surface area contributed by atoms with Crippen LogP contribution in [0.4, 0.5) is 13.2 Å². The van der Waals surface area contributed by atoms with E-state index >= 15 is 0 Å². The highest BCUT2D eigenvalue weighted by Crippen LogP contribution is 2.18. The summed E-state index contributed by atoms with van der Waals surface area (Å²) < 4.78 is 39.4. The average Bonchev–Trinajstić information content (AvgIpc) is 2.41. The van der Waals surface area contributed by atoms with E-state index in [0.717, 1.165) is 0 Å². The number of aromatic nitrogens is 1. The van der Waals surface area contributed by atoms with Crippen LogP contribution < -0.4 is 0 Å². The Morgan fingerprint density at radius 3 is 2.47 bits per heavy atom. The Hall–Kier alpha value is -1.46. The molecular formula is C9H10F3NO2. The van der Waals surface area contributed by atoms with Crippen LogP contribution in [0, 0.1) is 13.8 Å². The molecule has 3 nitrogen and oxygen atoms in total. The molecule has 1 heterocycles. The third kappa shape index (κ3) is 3.00. The van der Waals surface area contributed by atoms with Crippen molar-refractivity contribution < 1.29 is 22.7 Å². The normalized spacial score (nSPS) is 11.5. The summed E-state index contributed by atoms with van der Waals surface area (Å²) in [4.78, 5) is 14.0. The molecule has 0 bridgehead atoms. The van der Waals surface area contributed by atoms with Crippen molar-refractivity contribution in [2.75, 3.05) is 6.61 Å². The maximum absolute atomic E-state index is 11.8. The summed E-state index contributed by atoms with van der Waals surface area (Å²) in [5.41, 5.74) is 1.23. The van der Waals surface area contributed by atoms with Gasteiger partial charge < -0.3 is 9.72 Å². The van der Waals surface area contributed by atoms with Gasteiger partial charge in [0.25, 0.3) is 0 Å². The molecule has 0 fully saturated rings. The highest BCUT2D eigenvalue weighted by Gasteiger charge is 2.30. The van der Waals surface area contributed by atoms with Crippen LogP contribution in [0.2, 0.25) is 0 Å². The number of hydrogen-bond donors (Lipinski definition) is 1. The second-order valence-electron chi connectivity index (χ2n) is 3.16. The molecular weight excluding hydrogens is 211 g/mol. The molecule has 0 radical (unpaired) electrons. The van der Waals surface area contributed by atoms with Crippen LogP contribution in [0.5, 0.6) is 0 Å². The quantitative estimate of drug-likeness (QED) is 0.779. The molecule has 0 saturated heterocycles. The zero-order valence-corrected chi connectivity index (χ0v) is 8.23. The third-order valence-electron chi connectivity index (χ3n) is 1.85. The molecule has 0 unspecified atom stereocenters. The van der Waals surface area contributed by atoms with Gasteiger partial charge in [-0.15, -0.1) is 0 Å². The van der Waals surface area contributed by atoms with E-state index in [9.17, 15) is 18.0 Å². The zero-order chi connectivity index (χ0) is 11.6. The fourth-order valence-electron chi connectivity index (χ4n) is 1.19. The molecule has 0 saturated carbocycles. The summed E-state index contributed by atoms with van der Waals surface area (Å²) in [6.45, 7) is 1.65. The van der Waals surface area contributed by atoms with Crippen LogP contribution in [0.3, 0.4) is 0 Å². The van der Waals surface area contributed by atoms with Crippen LogP contribution in [-0.4, -0.2) is 23.7 Å². The molecule has 0 spiro atoms. The highest BCUT2D eigenvalue weighted by molar-refractivity contribution is 5.92. The lowest BCUT2D eigenvalue weighted by atomic mass is 10.2. The van der Waals surface area contributed by atoms with E-state index in [0.29, 0.717) is 11.3 Å². The summed E-state index contributed by atoms with van der Waals surface area (Å²) >= 11 is 0. The fourth-order valence-corrected chi connectivity index (χ4v) is 1.19. The Morgan fingerprint density at radius 1 is 1.47 bits per heavy atom. The molecule has 0 atom stereocenters. The van der Waals surface area contributed by atoms with Crippen LogP contribution >= 0.6 is 0 Å². The predicted molar refractivity (Wildman–Crippen MR) is 46.6 cm³/mol. The Labute approximate surface area is 84.2 Å². The number of aryl methyl sites for hydroxylation is 2. The lowest BCUT2D eigenvalue weighted by Gasteiger charge is -2.07. The minimum absolute atomic E-state index is 0.166. The first-order valence-electron chi connectivity index (χ1n) is 4.19. The van der Waals surface area contributed by atoms with Gasteiger partial charge in [-0.2, -0.15) is 13.2 Å². The van der Waals surface area contributed by atoms with E-state index in [2.05, 4.69) is 9.72 Å². The van der Waals surface area contributed by atoms with Crippen LogP contribution in [-0.2, 0) is 4.74 Å². The summed E-state index contributed by atoms with van der Waals surface area (Å²) in [6, 6.07) is 0. The topological polar surface area (TPSA) is 42.1 Å². The number of aromatic amines is 1. The van der Waals surface area contributed by atoms with Gasteiger partial charge in [0.1, 0.15) is 0 Å². The molecule has 1 N–H and O–H groups in total. The molecule has 0 aromatic carbocycles. The van der Waals surface area contributed by atoms with Crippen molar-refractivity contribution in [1.82, 2.24) is 4.98 Å². The van der Waals surface area contributed by atoms with Crippen molar-refractivity contribution in [2.45, 2.75) is 20.0 Å². The molecule has 0 aliphatic heterocycles. The number of carbonyl (C=O) groups is 1. The van der Waals surface area contributed by atoms with E-state index in [1.54, 1.807) is 20.0 Å². The SMILES string of the molecule is Cc1c[nH]c(C)c1C(=O)OCC(F)(F)F. The smallest absolute Gasteiger partial charge is 0.422 e. The summed E-state index contributed by atoms with van der Waals surface area (Å²) in [5, 5.41) is 0. The Morgan fingerprint density at radius 2 is 2.07 bits per heavy atom. The first-order chi connectivity index (χ1) is 6.81. The van der Waals surface area contributed by atoms with Gasteiger partial charge in [-0.05, 0) is 19.4 Å². The van der Waals surface area contributed by atoms with Crippen molar-refractivity contribution in [1.29, 1.82) is 0 Å². The zero-order valence-electron chi connectivity index (χ0n) is 8.23. The van der Waals surface area contributed by atoms with Gasteiger partial charge in [0.2, 0.25) is 0 Å². The second-order valence-corrected chi connectivity index (χ2v) is 3.16. The Kier molecular flexibility index (Phi) is 3.06. The van der Waals surface area contributed by atoms with E-state index in [1.165, 1.54) is 0 Å². The summed E-state index contributed by atoms with van der Waals surface area (Å²) in [6.07, 6.45) is -2.95. The number of H-pyrrole nitrogens is 1. The van der Waals surface area contributed by atoms with E-state index in [-0.39, 0.29) is 5.56 Å². The van der Waals surface area contributed by atoms with Gasteiger partial charge in [0.05, 0.1) is 5.56 Å². The molecule has 15 heavy (non-hydrogen) atoms. The second kappa shape index (κ2) is 3.96. The van der Waals surface area contributed by atoms with Crippen molar-refractivity contribution >= 4 is 5.97 Å². The first-order valence-corrected chi connectivity index (χ1v) is 4.19. The maximum Gasteiger partial charge on any atom is 0.422 e. The highest BCUT2D eigenvalue weighted by atomic mass is 19.4. The Balaban J connectivity index is 2.70. The number of ether oxygens (including phenoxy) is 1. The summed E-state index contributed by atoms with van der Waals surface area (Å²) in [5.74, 6) is -0.955. The molecule has 1 rings (SSSR count). The van der Waals surface area contributed by atoms with Gasteiger partial charge >= 0.3 is 12.1 Å². The van der Waals surface area contributed by atoms with Crippen molar-refractivity contribution in [2.24, 2.45) is 0 Å². The van der Waals surface area contributed by atoms with Crippen molar-refractivity contribution in [3.63, 3.8) is 0 Å². The molecule has 84 valence electrons. The number of halogens is 3. The minimum Gasteiger partial charge on any atom is -0.452 e. The molecule has 6 heteroatoms. The first kappa shape index (κ1) is 11.6. The Bertz CT molecular complexity index is 348. The van der Waals surface area contributed by atoms with Gasteiger partial charge in [-0.25, -0.2) is 4.79 Å². The van der Waals surface area contributed by atoms with E-state index in [4.69, 9.17) is 0 Å². The number of alkyl halides is 3. The van der Waals surface area contributed by atoms with Crippen LogP contribution in [0.25, 0.3) is 0 Å². The maximum atomic E-state index is 11.8. The standard InChI is InChI=1S/C9H10F3NO2/c1-5-3-13-6(2)7(5)8(14)15-4-9(10,11)12/h3,13H,4H2,1-2H3. The fraction of sp³-hybridized carbons (Fsp3) is 0.444. The van der Waals surface area contributed by atoms with Crippen molar-refractivity contribution in [3.05, 3.63) is 23.0 Å². The molecule has 0 amide bonds. The summed E-state index contributed by atoms with van der Waals surface area (Å²) in [7, 11) is 0. The molecule has 0 aliphatic rings. The van der Waals surface area contributed by atoms with Gasteiger partial charge in [0.15, 0.2) is 6.61 Å². The molecule has 1 aromatic rings. The largest absolute Gasteiger partial charge is 0.452 e. The minimum atomic E-state index is -4.49. The molecule has 0 aliphatic carbocycles. The van der Waals surface area contributed by atoms with Gasteiger partial charge in [-0.1, -0.05) is 0 Å². The van der Waals surface area contributed by atoms with Crippen molar-refractivity contribution in [3.8, 4) is 0 Å². The van der Waals surface area contributed by atoms with Gasteiger partial charge in [0, 0.05) is 11.9 Å². The number of rotatable bonds is 2. The number of hydrogen-bond acceptors (Lipinski definition) is 2. The van der Waals surface area contributed by atoms with Crippen LogP contribution in [0.15, 0.2) is 6.20 Å². The van der Waals surface area contributed by atoms with E-state index < -0.39 is 18.8 Å². The number of esters is 1. The lowest BCUT2D eigenvalue weighted by molar-refractivity contribution is -0.161.